The van der Waals surface area contributed by atoms with Gasteiger partial charge in [0.05, 0.1) is 17.6 Å². The van der Waals surface area contributed by atoms with Crippen LogP contribution in [0.1, 0.15) is 11.3 Å². The number of imidazole rings is 1. The summed E-state index contributed by atoms with van der Waals surface area (Å²) >= 11 is 19.6. The van der Waals surface area contributed by atoms with Crippen LogP contribution in [0.3, 0.4) is 0 Å². The van der Waals surface area contributed by atoms with Gasteiger partial charge in [-0.1, -0.05) is 58.2 Å². The van der Waals surface area contributed by atoms with Gasteiger partial charge < -0.3 is 4.84 Å². The standard InChI is InChI=1S/C19H12Cl3N3OS/c20-14-4-1-12(2-5-14)18-17(25-7-8-27-19(25)24-18)10-23-26-11-13-3-6-15(21)9-16(13)22/h1-10H,11H2/b23-10+. The minimum absolute atomic E-state index is 0.244. The molecule has 2 aromatic carbocycles. The topological polar surface area (TPSA) is 38.9 Å². The molecule has 0 unspecified atom stereocenters. The second-order valence-electron chi connectivity index (χ2n) is 5.65. The monoisotopic (exact) mass is 435 g/mol. The first-order valence-electron chi connectivity index (χ1n) is 7.92. The van der Waals surface area contributed by atoms with Gasteiger partial charge in [0.2, 0.25) is 0 Å². The van der Waals surface area contributed by atoms with Crippen molar-refractivity contribution in [3.8, 4) is 11.3 Å². The van der Waals surface area contributed by atoms with Crippen LogP contribution in [-0.2, 0) is 11.4 Å². The molecule has 0 aliphatic rings. The molecule has 0 saturated heterocycles. The lowest BCUT2D eigenvalue weighted by molar-refractivity contribution is 0.132. The fourth-order valence-electron chi connectivity index (χ4n) is 2.58. The van der Waals surface area contributed by atoms with Crippen molar-refractivity contribution in [2.75, 3.05) is 0 Å². The van der Waals surface area contributed by atoms with E-state index in [1.165, 1.54) is 0 Å². The number of oxime groups is 1. The molecule has 0 bridgehead atoms. The molecule has 27 heavy (non-hydrogen) atoms. The molecule has 0 N–H and O–H groups in total. The Morgan fingerprint density at radius 2 is 1.85 bits per heavy atom. The Morgan fingerprint density at radius 3 is 2.63 bits per heavy atom. The number of aromatic nitrogens is 2. The largest absolute Gasteiger partial charge is 0.391 e. The normalized spacial score (nSPS) is 11.5. The molecule has 4 nitrogen and oxygen atoms in total. The Bertz CT molecular complexity index is 1120. The maximum absolute atomic E-state index is 6.15. The summed E-state index contributed by atoms with van der Waals surface area (Å²) in [4.78, 5) is 11.0. The van der Waals surface area contributed by atoms with Crippen molar-refractivity contribution in [1.82, 2.24) is 9.38 Å². The number of fused-ring (bicyclic) bond motifs is 1. The molecule has 0 atom stereocenters. The van der Waals surface area contributed by atoms with Gasteiger partial charge in [-0.05, 0) is 24.3 Å². The van der Waals surface area contributed by atoms with Gasteiger partial charge in [-0.3, -0.25) is 4.40 Å². The smallest absolute Gasteiger partial charge is 0.194 e. The van der Waals surface area contributed by atoms with E-state index < -0.39 is 0 Å². The summed E-state index contributed by atoms with van der Waals surface area (Å²) in [7, 11) is 0. The summed E-state index contributed by atoms with van der Waals surface area (Å²) in [6.45, 7) is 0.244. The SMILES string of the molecule is Clc1ccc(-c2nc3sccn3c2/C=N/OCc2ccc(Cl)cc2Cl)cc1. The van der Waals surface area contributed by atoms with Gasteiger partial charge in [-0.25, -0.2) is 4.98 Å². The molecule has 0 fully saturated rings. The Balaban J connectivity index is 1.59. The van der Waals surface area contributed by atoms with Crippen LogP contribution in [0.5, 0.6) is 0 Å². The van der Waals surface area contributed by atoms with Crippen molar-refractivity contribution in [3.05, 3.63) is 80.4 Å². The van der Waals surface area contributed by atoms with Gasteiger partial charge in [-0.15, -0.1) is 11.3 Å². The van der Waals surface area contributed by atoms with Crippen LogP contribution in [0.15, 0.2) is 59.2 Å². The van der Waals surface area contributed by atoms with Gasteiger partial charge in [0, 0.05) is 37.8 Å². The molecule has 0 radical (unpaired) electrons. The molecule has 0 spiro atoms. The summed E-state index contributed by atoms with van der Waals surface area (Å²) in [5.41, 5.74) is 3.41. The highest BCUT2D eigenvalue weighted by Gasteiger charge is 2.13. The van der Waals surface area contributed by atoms with E-state index >= 15 is 0 Å². The Hall–Kier alpha value is -2.05. The first-order chi connectivity index (χ1) is 13.1. The number of nitrogens with zero attached hydrogens (tertiary/aromatic N) is 3. The van der Waals surface area contributed by atoms with Gasteiger partial charge in [0.25, 0.3) is 0 Å². The van der Waals surface area contributed by atoms with Crippen molar-refractivity contribution < 1.29 is 4.84 Å². The number of benzene rings is 2. The van der Waals surface area contributed by atoms with Crippen LogP contribution in [0.4, 0.5) is 0 Å². The number of rotatable bonds is 5. The highest BCUT2D eigenvalue weighted by Crippen LogP contribution is 2.27. The van der Waals surface area contributed by atoms with Crippen LogP contribution in [-0.4, -0.2) is 15.6 Å². The van der Waals surface area contributed by atoms with E-state index in [0.29, 0.717) is 15.1 Å². The molecule has 4 aromatic rings. The third kappa shape index (κ3) is 3.96. The molecular weight excluding hydrogens is 425 g/mol. The number of halogens is 3. The lowest BCUT2D eigenvalue weighted by Gasteiger charge is -2.03. The molecule has 2 heterocycles. The fraction of sp³-hybridized carbons (Fsp3) is 0.0526. The van der Waals surface area contributed by atoms with Crippen molar-refractivity contribution in [1.29, 1.82) is 0 Å². The van der Waals surface area contributed by atoms with E-state index in [9.17, 15) is 0 Å². The van der Waals surface area contributed by atoms with Crippen molar-refractivity contribution in [2.45, 2.75) is 6.61 Å². The molecule has 8 heteroatoms. The molecule has 0 aliphatic heterocycles. The zero-order chi connectivity index (χ0) is 18.8. The summed E-state index contributed by atoms with van der Waals surface area (Å²) in [5.74, 6) is 0. The van der Waals surface area contributed by atoms with Crippen molar-refractivity contribution in [3.63, 3.8) is 0 Å². The average Bonchev–Trinajstić information content (AvgIpc) is 3.23. The lowest BCUT2D eigenvalue weighted by Crippen LogP contribution is -1.94. The number of hydrogen-bond donors (Lipinski definition) is 0. The minimum Gasteiger partial charge on any atom is -0.391 e. The van der Waals surface area contributed by atoms with E-state index in [0.717, 1.165) is 27.5 Å². The van der Waals surface area contributed by atoms with E-state index in [-0.39, 0.29) is 6.61 Å². The quantitative estimate of drug-likeness (QED) is 0.262. The van der Waals surface area contributed by atoms with Crippen LogP contribution in [0.2, 0.25) is 15.1 Å². The fourth-order valence-corrected chi connectivity index (χ4v) is 3.89. The Labute approximate surface area is 174 Å². The molecular formula is C19H12Cl3N3OS. The second kappa shape index (κ2) is 7.90. The van der Waals surface area contributed by atoms with Crippen LogP contribution in [0, 0.1) is 0 Å². The van der Waals surface area contributed by atoms with Crippen LogP contribution in [0.25, 0.3) is 16.2 Å². The van der Waals surface area contributed by atoms with E-state index in [1.807, 2.05) is 46.3 Å². The first kappa shape index (κ1) is 18.3. The second-order valence-corrected chi connectivity index (χ2v) is 7.80. The van der Waals surface area contributed by atoms with Gasteiger partial charge in [-0.2, -0.15) is 0 Å². The zero-order valence-corrected chi connectivity index (χ0v) is 16.9. The van der Waals surface area contributed by atoms with Gasteiger partial charge in [0.15, 0.2) is 4.96 Å². The Morgan fingerprint density at radius 1 is 1.07 bits per heavy atom. The summed E-state index contributed by atoms with van der Waals surface area (Å²) in [6.07, 6.45) is 3.60. The molecule has 136 valence electrons. The summed E-state index contributed by atoms with van der Waals surface area (Å²) < 4.78 is 1.97. The first-order valence-corrected chi connectivity index (χ1v) is 9.94. The molecule has 0 aliphatic carbocycles. The molecule has 0 saturated carbocycles. The van der Waals surface area contributed by atoms with Crippen molar-refractivity contribution in [2.24, 2.45) is 5.16 Å². The van der Waals surface area contributed by atoms with Gasteiger partial charge in [0.1, 0.15) is 6.61 Å². The third-order valence-corrected chi connectivity index (χ3v) is 5.50. The zero-order valence-electron chi connectivity index (χ0n) is 13.8. The predicted molar refractivity (Wildman–Crippen MR) is 112 cm³/mol. The highest BCUT2D eigenvalue weighted by molar-refractivity contribution is 7.15. The van der Waals surface area contributed by atoms with Crippen LogP contribution >= 0.6 is 46.1 Å². The number of thiazole rings is 1. The van der Waals surface area contributed by atoms with E-state index in [1.54, 1.807) is 29.7 Å². The number of hydrogen-bond acceptors (Lipinski definition) is 4. The summed E-state index contributed by atoms with van der Waals surface area (Å²) in [6, 6.07) is 12.8. The predicted octanol–water partition coefficient (Wildman–Crippen LogP) is 6.57. The molecule has 4 rings (SSSR count). The maximum atomic E-state index is 6.15. The molecule has 0 amide bonds. The maximum Gasteiger partial charge on any atom is 0.194 e. The summed E-state index contributed by atoms with van der Waals surface area (Å²) in [5, 5.41) is 7.89. The van der Waals surface area contributed by atoms with Crippen molar-refractivity contribution >= 4 is 57.3 Å². The highest BCUT2D eigenvalue weighted by atomic mass is 35.5. The Kier molecular flexibility index (Phi) is 5.36. The third-order valence-electron chi connectivity index (χ3n) is 3.90. The van der Waals surface area contributed by atoms with Gasteiger partial charge >= 0.3 is 0 Å². The van der Waals surface area contributed by atoms with E-state index in [4.69, 9.17) is 39.6 Å². The van der Waals surface area contributed by atoms with E-state index in [2.05, 4.69) is 10.1 Å². The average molecular weight is 437 g/mol. The molecule has 2 aromatic heterocycles. The van der Waals surface area contributed by atoms with Crippen LogP contribution < -0.4 is 0 Å². The lowest BCUT2D eigenvalue weighted by atomic mass is 10.1. The minimum atomic E-state index is 0.244.